The van der Waals surface area contributed by atoms with Crippen molar-refractivity contribution in [3.63, 3.8) is 0 Å². The number of aliphatic imine (C=N–C) groups is 1. The van der Waals surface area contributed by atoms with Gasteiger partial charge in [-0.25, -0.2) is 4.99 Å². The molecule has 10 nitrogen and oxygen atoms in total. The zero-order chi connectivity index (χ0) is 31.6. The van der Waals surface area contributed by atoms with Crippen LogP contribution in [0.5, 0.6) is 0 Å². The van der Waals surface area contributed by atoms with E-state index in [9.17, 15) is 29.4 Å². The fourth-order valence-corrected chi connectivity index (χ4v) is 5.77. The second-order valence-corrected chi connectivity index (χ2v) is 10.9. The number of carbonyl (C=O) groups is 4. The van der Waals surface area contributed by atoms with Gasteiger partial charge in [-0.15, -0.1) is 0 Å². The van der Waals surface area contributed by atoms with E-state index in [1.807, 2.05) is 52.8 Å². The molecule has 10 heteroatoms. The summed E-state index contributed by atoms with van der Waals surface area (Å²) in [5.74, 6) is -2.22. The third-order valence-corrected chi connectivity index (χ3v) is 8.33. The lowest BCUT2D eigenvalue weighted by atomic mass is 10.0. The number of amides is 2. The molecule has 0 bridgehead atoms. The number of carboxylic acid groups (broad SMARTS) is 2. The van der Waals surface area contributed by atoms with E-state index < -0.39 is 11.9 Å². The van der Waals surface area contributed by atoms with Gasteiger partial charge in [-0.1, -0.05) is 13.8 Å². The van der Waals surface area contributed by atoms with Crippen LogP contribution < -0.4 is 16.0 Å². The van der Waals surface area contributed by atoms with Gasteiger partial charge in [-0.05, 0) is 105 Å². The third-order valence-electron chi connectivity index (χ3n) is 8.33. The number of aromatic nitrogens is 2. The zero-order valence-electron chi connectivity index (χ0n) is 25.4. The minimum atomic E-state index is -0.922. The molecule has 4 rings (SSSR count). The number of carboxylic acids is 2. The van der Waals surface area contributed by atoms with Crippen LogP contribution in [0.4, 0.5) is 0 Å². The highest BCUT2D eigenvalue weighted by Gasteiger charge is 2.24. The summed E-state index contributed by atoms with van der Waals surface area (Å²) in [5, 5.41) is 23.2. The van der Waals surface area contributed by atoms with Crippen LogP contribution >= 0.6 is 0 Å². The van der Waals surface area contributed by atoms with Crippen molar-refractivity contribution in [2.45, 2.75) is 80.1 Å². The Bertz CT molecular complexity index is 1790. The molecule has 226 valence electrons. The summed E-state index contributed by atoms with van der Waals surface area (Å²) in [6, 6.07) is 0. The van der Waals surface area contributed by atoms with Crippen molar-refractivity contribution < 1.29 is 29.4 Å². The van der Waals surface area contributed by atoms with Gasteiger partial charge in [-0.2, -0.15) is 0 Å². The molecule has 0 unspecified atom stereocenters. The van der Waals surface area contributed by atoms with Crippen LogP contribution in [0.2, 0.25) is 0 Å². The lowest BCUT2D eigenvalue weighted by Crippen LogP contribution is -2.15. The van der Waals surface area contributed by atoms with Crippen LogP contribution in [-0.2, 0) is 32.0 Å². The fourth-order valence-electron chi connectivity index (χ4n) is 5.77. The molecule has 0 atom stereocenters. The molecule has 2 aliphatic rings. The number of nitrogens with one attached hydrogen (secondary N) is 3. The predicted molar refractivity (Wildman–Crippen MR) is 165 cm³/mol. The zero-order valence-corrected chi connectivity index (χ0v) is 25.4. The number of hydrogen-bond donors (Lipinski definition) is 5. The average Bonchev–Trinajstić information content (AvgIpc) is 3.59. The van der Waals surface area contributed by atoms with Crippen LogP contribution in [0, 0.1) is 13.8 Å². The lowest BCUT2D eigenvalue weighted by Gasteiger charge is -2.04. The largest absolute Gasteiger partial charge is 0.481 e. The highest BCUT2D eigenvalue weighted by Crippen LogP contribution is 2.28. The Kier molecular flexibility index (Phi) is 9.18. The lowest BCUT2D eigenvalue weighted by molar-refractivity contribution is -0.138. The first-order valence-corrected chi connectivity index (χ1v) is 14.5. The third kappa shape index (κ3) is 6.38. The Balaban J connectivity index is 1.91. The molecular formula is C33H38N4O6. The van der Waals surface area contributed by atoms with Crippen molar-refractivity contribution in [1.29, 1.82) is 0 Å². The van der Waals surface area contributed by atoms with Crippen LogP contribution in [-0.4, -0.2) is 49.6 Å². The molecule has 2 aliphatic heterocycles. The Morgan fingerprint density at radius 1 is 0.744 bits per heavy atom. The Labute approximate surface area is 249 Å². The van der Waals surface area contributed by atoms with Gasteiger partial charge in [0, 0.05) is 51.8 Å². The van der Waals surface area contributed by atoms with E-state index in [1.54, 1.807) is 6.92 Å². The molecule has 2 aromatic rings. The molecule has 43 heavy (non-hydrogen) atoms. The van der Waals surface area contributed by atoms with E-state index in [1.165, 1.54) is 0 Å². The average molecular weight is 587 g/mol. The van der Waals surface area contributed by atoms with Crippen LogP contribution in [0.15, 0.2) is 33.0 Å². The molecule has 0 aromatic carbocycles. The van der Waals surface area contributed by atoms with Gasteiger partial charge in [0.05, 0.1) is 5.71 Å². The number of hydrogen-bond acceptors (Lipinski definition) is 4. The number of carbonyl (C=O) groups excluding carboxylic acids is 2. The van der Waals surface area contributed by atoms with Crippen LogP contribution in [0.3, 0.4) is 0 Å². The summed E-state index contributed by atoms with van der Waals surface area (Å²) < 4.78 is 0. The minimum Gasteiger partial charge on any atom is -0.481 e. The molecule has 0 spiro atoms. The number of aromatic amines is 2. The highest BCUT2D eigenvalue weighted by molar-refractivity contribution is 6.30. The smallest absolute Gasteiger partial charge is 0.303 e. The van der Waals surface area contributed by atoms with E-state index in [0.717, 1.165) is 44.4 Å². The summed E-state index contributed by atoms with van der Waals surface area (Å²) in [6.45, 7) is 11.4. The molecule has 2 amide bonds. The van der Waals surface area contributed by atoms with E-state index >= 15 is 0 Å². The second-order valence-electron chi connectivity index (χ2n) is 10.9. The Morgan fingerprint density at radius 2 is 1.37 bits per heavy atom. The molecule has 0 radical (unpaired) electrons. The molecule has 0 aliphatic carbocycles. The molecular weight excluding hydrogens is 548 g/mol. The maximum absolute atomic E-state index is 12.3. The molecule has 0 saturated carbocycles. The van der Waals surface area contributed by atoms with Crippen LogP contribution in [0.1, 0.15) is 87.0 Å². The summed E-state index contributed by atoms with van der Waals surface area (Å²) in [5.41, 5.74) is 9.15. The summed E-state index contributed by atoms with van der Waals surface area (Å²) in [4.78, 5) is 58.7. The van der Waals surface area contributed by atoms with Gasteiger partial charge >= 0.3 is 11.9 Å². The van der Waals surface area contributed by atoms with Gasteiger partial charge in [0.1, 0.15) is 0 Å². The van der Waals surface area contributed by atoms with E-state index in [0.29, 0.717) is 46.4 Å². The van der Waals surface area contributed by atoms with E-state index in [-0.39, 0.29) is 37.5 Å². The summed E-state index contributed by atoms with van der Waals surface area (Å²) >= 11 is 0. The number of nitrogens with zero attached hydrogens (tertiary/aromatic N) is 1. The van der Waals surface area contributed by atoms with Crippen molar-refractivity contribution in [3.8, 4) is 0 Å². The predicted octanol–water partition coefficient (Wildman–Crippen LogP) is 3.51. The maximum atomic E-state index is 12.3. The maximum Gasteiger partial charge on any atom is 0.303 e. The molecule has 0 fully saturated rings. The normalized spacial score (nSPS) is 17.2. The van der Waals surface area contributed by atoms with Crippen molar-refractivity contribution >= 4 is 47.7 Å². The molecule has 4 heterocycles. The van der Waals surface area contributed by atoms with Crippen molar-refractivity contribution in [3.05, 3.63) is 72.3 Å². The fraction of sp³-hybridized carbons (Fsp3) is 0.364. The van der Waals surface area contributed by atoms with E-state index in [4.69, 9.17) is 0 Å². The number of aliphatic carboxylic acids is 2. The van der Waals surface area contributed by atoms with Gasteiger partial charge in [-0.3, -0.25) is 19.2 Å². The SMILES string of the molecule is CCC1=C(C)C(/C=c2\[nH]/c(=C/c3[nH]c(/C=C4\NC(=O)C(C)=C4CC)c(C)c3CCC(=O)O)c(CCC(=O)O)c2C)=NC1=O. The number of rotatable bonds is 11. The second kappa shape index (κ2) is 12.6. The van der Waals surface area contributed by atoms with Crippen molar-refractivity contribution in [2.75, 3.05) is 0 Å². The first-order chi connectivity index (χ1) is 20.4. The monoisotopic (exact) mass is 586 g/mol. The molecule has 0 saturated heterocycles. The van der Waals surface area contributed by atoms with Crippen molar-refractivity contribution in [1.82, 2.24) is 15.3 Å². The Morgan fingerprint density at radius 3 is 1.95 bits per heavy atom. The van der Waals surface area contributed by atoms with Crippen LogP contribution in [0.25, 0.3) is 18.2 Å². The molecule has 5 N–H and O–H groups in total. The number of allylic oxidation sites excluding steroid dienone is 2. The minimum absolute atomic E-state index is 0.0701. The van der Waals surface area contributed by atoms with Gasteiger partial charge in [0.2, 0.25) is 0 Å². The highest BCUT2D eigenvalue weighted by atomic mass is 16.4. The van der Waals surface area contributed by atoms with Gasteiger partial charge < -0.3 is 25.5 Å². The number of H-pyrrole nitrogens is 2. The van der Waals surface area contributed by atoms with E-state index in [2.05, 4.69) is 20.3 Å². The first kappa shape index (κ1) is 31.2. The van der Waals surface area contributed by atoms with Gasteiger partial charge in [0.15, 0.2) is 0 Å². The summed E-state index contributed by atoms with van der Waals surface area (Å²) in [6.07, 6.45) is 7.25. The van der Waals surface area contributed by atoms with Crippen molar-refractivity contribution in [2.24, 2.45) is 4.99 Å². The topological polar surface area (TPSA) is 165 Å². The Hall–Kier alpha value is -4.73. The first-order valence-electron chi connectivity index (χ1n) is 14.5. The quantitative estimate of drug-likeness (QED) is 0.270. The summed E-state index contributed by atoms with van der Waals surface area (Å²) in [7, 11) is 0. The standard InChI is InChI=1S/C33H38N4O6/c1-7-20-19(6)32(42)37-27(20)14-25-18(5)23(10-12-31(40)41)29(35-25)15-28-22(9-11-30(38)39)17(4)24(34-28)13-26-16(3)21(8-2)33(43)36-26/h13-15,34-35H,7-12H2,1-6H3,(H,37,42)(H,38,39)(H,40,41)/b24-13-,27-14-,28-15+. The molecule has 2 aromatic heterocycles. The van der Waals surface area contributed by atoms with Gasteiger partial charge in [0.25, 0.3) is 11.8 Å².